The Kier molecular flexibility index (Phi) is 5.28. The molecule has 1 amide bonds. The van der Waals surface area contributed by atoms with E-state index < -0.39 is 30.0 Å². The Labute approximate surface area is 133 Å². The number of hydrogen-bond acceptors (Lipinski definition) is 4. The van der Waals surface area contributed by atoms with Gasteiger partial charge in [0.2, 0.25) is 0 Å². The molecule has 23 heavy (non-hydrogen) atoms. The number of carbonyl (C=O) groups excluding carboxylic acids is 2. The molecular formula is C15H11F3N2O2S. The van der Waals surface area contributed by atoms with E-state index in [2.05, 4.69) is 5.10 Å². The highest BCUT2D eigenvalue weighted by Gasteiger charge is 2.37. The highest BCUT2D eigenvalue weighted by molar-refractivity contribution is 7.12. The molecular weight excluding hydrogens is 329 g/mol. The Balaban J connectivity index is 2.12. The monoisotopic (exact) mass is 340 g/mol. The summed E-state index contributed by atoms with van der Waals surface area (Å²) in [6, 6.07) is 10.7. The maximum Gasteiger partial charge on any atom is 0.431 e. The van der Waals surface area contributed by atoms with Gasteiger partial charge in [-0.05, 0) is 23.6 Å². The zero-order chi connectivity index (χ0) is 16.9. The summed E-state index contributed by atoms with van der Waals surface area (Å²) in [5, 5.41) is 4.69. The molecule has 1 aromatic heterocycles. The maximum atomic E-state index is 12.9. The van der Waals surface area contributed by atoms with E-state index in [0.717, 1.165) is 11.3 Å². The lowest BCUT2D eigenvalue weighted by Gasteiger charge is -2.09. The Hall–Kier alpha value is -2.48. The zero-order valence-electron chi connectivity index (χ0n) is 11.6. The summed E-state index contributed by atoms with van der Waals surface area (Å²) in [6.07, 6.45) is -5.74. The van der Waals surface area contributed by atoms with Crippen LogP contribution in [0.5, 0.6) is 0 Å². The van der Waals surface area contributed by atoms with Gasteiger partial charge in [-0.15, -0.1) is 11.3 Å². The van der Waals surface area contributed by atoms with Crippen LogP contribution in [0, 0.1) is 0 Å². The second kappa shape index (κ2) is 7.19. The Morgan fingerprint density at radius 1 is 1.09 bits per heavy atom. The van der Waals surface area contributed by atoms with Crippen molar-refractivity contribution in [3.8, 4) is 0 Å². The van der Waals surface area contributed by atoms with Crippen LogP contribution in [0.25, 0.3) is 0 Å². The van der Waals surface area contributed by atoms with Crippen LogP contribution in [-0.2, 0) is 0 Å². The summed E-state index contributed by atoms with van der Waals surface area (Å²) in [5.74, 6) is -1.49. The molecule has 0 spiro atoms. The molecule has 0 radical (unpaired) electrons. The number of thiophene rings is 1. The lowest BCUT2D eigenvalue weighted by Crippen LogP contribution is -2.30. The van der Waals surface area contributed by atoms with Crippen LogP contribution in [0.2, 0.25) is 0 Å². The van der Waals surface area contributed by atoms with Gasteiger partial charge in [0, 0.05) is 5.56 Å². The summed E-state index contributed by atoms with van der Waals surface area (Å²) < 4.78 is 38.8. The standard InChI is InChI=1S/C15H11F3N2O2S/c16-15(17,18)13(9-11(21)12-7-4-8-23-12)19-20-14(22)10-5-2-1-3-6-10/h1-8H,9H2,(H,20,22)/b19-13-. The van der Waals surface area contributed by atoms with Gasteiger partial charge in [-0.3, -0.25) is 9.59 Å². The first-order valence-corrected chi connectivity index (χ1v) is 7.32. The van der Waals surface area contributed by atoms with Crippen molar-refractivity contribution < 1.29 is 22.8 Å². The predicted octanol–water partition coefficient (Wildman–Crippen LogP) is 3.67. The second-order valence-electron chi connectivity index (χ2n) is 4.44. The first-order chi connectivity index (χ1) is 10.9. The van der Waals surface area contributed by atoms with E-state index in [4.69, 9.17) is 0 Å². The first kappa shape index (κ1) is 16.9. The molecule has 0 aliphatic heterocycles. The van der Waals surface area contributed by atoms with Crippen LogP contribution in [0.4, 0.5) is 13.2 Å². The van der Waals surface area contributed by atoms with E-state index in [9.17, 15) is 22.8 Å². The van der Waals surface area contributed by atoms with E-state index >= 15 is 0 Å². The van der Waals surface area contributed by atoms with Gasteiger partial charge in [0.05, 0.1) is 11.3 Å². The van der Waals surface area contributed by atoms with Gasteiger partial charge in [-0.2, -0.15) is 18.3 Å². The third-order valence-electron chi connectivity index (χ3n) is 2.78. The first-order valence-electron chi connectivity index (χ1n) is 6.44. The molecule has 4 nitrogen and oxygen atoms in total. The van der Waals surface area contributed by atoms with Crippen molar-refractivity contribution in [2.24, 2.45) is 5.10 Å². The molecule has 1 N–H and O–H groups in total. The van der Waals surface area contributed by atoms with Crippen molar-refractivity contribution in [3.63, 3.8) is 0 Å². The third-order valence-corrected chi connectivity index (χ3v) is 3.69. The molecule has 2 aromatic rings. The van der Waals surface area contributed by atoms with E-state index in [1.165, 1.54) is 18.2 Å². The SMILES string of the molecule is O=C(N/N=C(/CC(=O)c1cccs1)C(F)(F)F)c1ccccc1. The molecule has 0 bridgehead atoms. The molecule has 2 rings (SSSR count). The van der Waals surface area contributed by atoms with Gasteiger partial charge in [-0.25, -0.2) is 5.43 Å². The summed E-state index contributed by atoms with van der Waals surface area (Å²) in [5.41, 5.74) is 0.658. The average molecular weight is 340 g/mol. The van der Waals surface area contributed by atoms with E-state index in [1.54, 1.807) is 29.6 Å². The number of ketones is 1. The highest BCUT2D eigenvalue weighted by Crippen LogP contribution is 2.22. The van der Waals surface area contributed by atoms with Gasteiger partial charge in [-0.1, -0.05) is 24.3 Å². The minimum atomic E-state index is -4.81. The van der Waals surface area contributed by atoms with E-state index in [-0.39, 0.29) is 10.4 Å². The van der Waals surface area contributed by atoms with Crippen LogP contribution in [-0.4, -0.2) is 23.6 Å². The summed E-state index contributed by atoms with van der Waals surface area (Å²) in [7, 11) is 0. The van der Waals surface area contributed by atoms with E-state index in [0.29, 0.717) is 0 Å². The molecule has 8 heteroatoms. The second-order valence-corrected chi connectivity index (χ2v) is 5.39. The number of hydrogen-bond donors (Lipinski definition) is 1. The zero-order valence-corrected chi connectivity index (χ0v) is 12.4. The molecule has 0 saturated carbocycles. The number of nitrogens with one attached hydrogen (secondary N) is 1. The highest BCUT2D eigenvalue weighted by atomic mass is 32.1. The molecule has 0 saturated heterocycles. The number of halogens is 3. The van der Waals surface area contributed by atoms with Crippen molar-refractivity contribution >= 4 is 28.7 Å². The average Bonchev–Trinajstić information content (AvgIpc) is 3.05. The molecule has 120 valence electrons. The van der Waals surface area contributed by atoms with Crippen molar-refractivity contribution in [2.45, 2.75) is 12.6 Å². The van der Waals surface area contributed by atoms with Crippen LogP contribution in [0.3, 0.4) is 0 Å². The van der Waals surface area contributed by atoms with Crippen molar-refractivity contribution in [1.82, 2.24) is 5.43 Å². The van der Waals surface area contributed by atoms with Crippen LogP contribution >= 0.6 is 11.3 Å². The fraction of sp³-hybridized carbons (Fsp3) is 0.133. The number of carbonyl (C=O) groups is 2. The largest absolute Gasteiger partial charge is 0.431 e. The predicted molar refractivity (Wildman–Crippen MR) is 80.7 cm³/mol. The van der Waals surface area contributed by atoms with Gasteiger partial charge in [0.1, 0.15) is 5.71 Å². The van der Waals surface area contributed by atoms with Gasteiger partial charge >= 0.3 is 6.18 Å². The quantitative estimate of drug-likeness (QED) is 0.513. The topological polar surface area (TPSA) is 58.5 Å². The van der Waals surface area contributed by atoms with E-state index in [1.807, 2.05) is 5.43 Å². The lowest BCUT2D eigenvalue weighted by atomic mass is 10.1. The molecule has 1 heterocycles. The van der Waals surface area contributed by atoms with Crippen molar-refractivity contribution in [3.05, 3.63) is 58.3 Å². The molecule has 0 atom stereocenters. The summed E-state index contributed by atoms with van der Waals surface area (Å²) >= 11 is 1.05. The minimum Gasteiger partial charge on any atom is -0.293 e. The summed E-state index contributed by atoms with van der Waals surface area (Å²) in [4.78, 5) is 23.7. The molecule has 0 fully saturated rings. The molecule has 0 unspecified atom stereocenters. The van der Waals surface area contributed by atoms with Crippen LogP contribution in [0.15, 0.2) is 52.9 Å². The molecule has 0 aliphatic rings. The lowest BCUT2D eigenvalue weighted by molar-refractivity contribution is -0.0605. The number of Topliss-reactive ketones (excluding diaryl/α,β-unsaturated/α-hetero) is 1. The Morgan fingerprint density at radius 2 is 1.78 bits per heavy atom. The molecule has 1 aromatic carbocycles. The maximum absolute atomic E-state index is 12.9. The van der Waals surface area contributed by atoms with Crippen molar-refractivity contribution in [1.29, 1.82) is 0 Å². The Bertz CT molecular complexity index is 710. The van der Waals surface area contributed by atoms with Gasteiger partial charge in [0.25, 0.3) is 5.91 Å². The Morgan fingerprint density at radius 3 is 2.35 bits per heavy atom. The smallest absolute Gasteiger partial charge is 0.293 e. The summed E-state index contributed by atoms with van der Waals surface area (Å²) in [6.45, 7) is 0. The van der Waals surface area contributed by atoms with Gasteiger partial charge in [0.15, 0.2) is 5.78 Å². The van der Waals surface area contributed by atoms with Crippen molar-refractivity contribution in [2.75, 3.05) is 0 Å². The number of hydrazone groups is 1. The number of nitrogens with zero attached hydrogens (tertiary/aromatic N) is 1. The fourth-order valence-corrected chi connectivity index (χ4v) is 2.32. The molecule has 0 aliphatic carbocycles. The fourth-order valence-electron chi connectivity index (χ4n) is 1.65. The third kappa shape index (κ3) is 4.75. The number of rotatable bonds is 5. The van der Waals surface area contributed by atoms with Crippen LogP contribution in [0.1, 0.15) is 26.5 Å². The van der Waals surface area contributed by atoms with Gasteiger partial charge < -0.3 is 0 Å². The van der Waals surface area contributed by atoms with Crippen LogP contribution < -0.4 is 5.43 Å². The minimum absolute atomic E-state index is 0.169. The normalized spacial score (nSPS) is 12.0. The number of amides is 1. The number of alkyl halides is 3. The number of benzene rings is 1.